The first kappa shape index (κ1) is 13.0. The summed E-state index contributed by atoms with van der Waals surface area (Å²) in [6.07, 6.45) is 0.0775. The highest BCUT2D eigenvalue weighted by atomic mass is 16.3. The fraction of sp³-hybridized carbons (Fsp3) is 0.462. The van der Waals surface area contributed by atoms with Crippen LogP contribution in [0.25, 0.3) is 0 Å². The molecule has 1 heterocycles. The van der Waals surface area contributed by atoms with Gasteiger partial charge in [-0.15, -0.1) is 0 Å². The molecule has 0 saturated carbocycles. The molecule has 1 aliphatic heterocycles. The van der Waals surface area contributed by atoms with Gasteiger partial charge in [0.25, 0.3) is 5.91 Å². The van der Waals surface area contributed by atoms with Crippen LogP contribution in [0.2, 0.25) is 0 Å². The van der Waals surface area contributed by atoms with E-state index >= 15 is 0 Å². The number of carbonyl (C=O) groups excluding carboxylic acids is 1. The Morgan fingerprint density at radius 1 is 1.44 bits per heavy atom. The van der Waals surface area contributed by atoms with Gasteiger partial charge in [0, 0.05) is 18.7 Å². The van der Waals surface area contributed by atoms with Gasteiger partial charge in [-0.3, -0.25) is 4.79 Å². The van der Waals surface area contributed by atoms with Crippen LogP contribution in [0.5, 0.6) is 0 Å². The van der Waals surface area contributed by atoms with Crippen molar-refractivity contribution in [2.75, 3.05) is 19.7 Å². The molecule has 0 aliphatic carbocycles. The molecule has 1 aromatic rings. The van der Waals surface area contributed by atoms with Crippen molar-refractivity contribution < 1.29 is 15.0 Å². The van der Waals surface area contributed by atoms with Crippen molar-refractivity contribution in [2.24, 2.45) is 0 Å². The average Bonchev–Trinajstić information content (AvgIpc) is 2.43. The number of carbonyl (C=O) groups is 1. The number of amides is 1. The Morgan fingerprint density at radius 3 is 3.06 bits per heavy atom. The van der Waals surface area contributed by atoms with Crippen LogP contribution in [0.15, 0.2) is 18.2 Å². The lowest BCUT2D eigenvalue weighted by Crippen LogP contribution is -2.34. The summed E-state index contributed by atoms with van der Waals surface area (Å²) in [4.78, 5) is 11.8. The summed E-state index contributed by atoms with van der Waals surface area (Å²) < 4.78 is 0. The van der Waals surface area contributed by atoms with E-state index in [2.05, 4.69) is 10.6 Å². The first-order chi connectivity index (χ1) is 8.70. The molecule has 0 bridgehead atoms. The van der Waals surface area contributed by atoms with E-state index in [9.17, 15) is 9.90 Å². The molecule has 1 aromatic carbocycles. The van der Waals surface area contributed by atoms with Gasteiger partial charge in [0.05, 0.1) is 12.7 Å². The summed E-state index contributed by atoms with van der Waals surface area (Å²) >= 11 is 0. The summed E-state index contributed by atoms with van der Waals surface area (Å²) in [5, 5.41) is 23.7. The van der Waals surface area contributed by atoms with Crippen molar-refractivity contribution in [1.29, 1.82) is 0 Å². The van der Waals surface area contributed by atoms with Crippen LogP contribution in [0.1, 0.15) is 21.5 Å². The molecule has 0 radical (unpaired) electrons. The Kier molecular flexibility index (Phi) is 4.30. The molecular weight excluding hydrogens is 232 g/mol. The van der Waals surface area contributed by atoms with E-state index in [0.29, 0.717) is 5.56 Å². The number of hydrogen-bond donors (Lipinski definition) is 4. The van der Waals surface area contributed by atoms with Crippen molar-refractivity contribution in [3.8, 4) is 0 Å². The molecule has 98 valence electrons. The maximum Gasteiger partial charge on any atom is 0.251 e. The number of rotatable bonds is 4. The second kappa shape index (κ2) is 5.95. The van der Waals surface area contributed by atoms with Crippen molar-refractivity contribution in [3.63, 3.8) is 0 Å². The van der Waals surface area contributed by atoms with Crippen LogP contribution in [-0.4, -0.2) is 41.9 Å². The Balaban J connectivity index is 2.02. The van der Waals surface area contributed by atoms with Crippen LogP contribution in [-0.2, 0) is 13.0 Å². The summed E-state index contributed by atoms with van der Waals surface area (Å²) in [5.41, 5.74) is 3.01. The van der Waals surface area contributed by atoms with Crippen LogP contribution in [0, 0.1) is 0 Å². The van der Waals surface area contributed by atoms with Gasteiger partial charge in [-0.2, -0.15) is 0 Å². The molecule has 1 amide bonds. The molecule has 1 unspecified atom stereocenters. The van der Waals surface area contributed by atoms with Crippen LogP contribution >= 0.6 is 0 Å². The first-order valence-electron chi connectivity index (χ1n) is 6.10. The molecule has 0 spiro atoms. The normalized spacial score (nSPS) is 15.9. The highest BCUT2D eigenvalue weighted by Gasteiger charge is 2.13. The van der Waals surface area contributed by atoms with Gasteiger partial charge in [-0.25, -0.2) is 0 Å². The minimum Gasteiger partial charge on any atom is -0.394 e. The minimum atomic E-state index is -0.909. The quantitative estimate of drug-likeness (QED) is 0.576. The summed E-state index contributed by atoms with van der Waals surface area (Å²) in [5.74, 6) is -0.226. The second-order valence-electron chi connectivity index (χ2n) is 4.46. The smallest absolute Gasteiger partial charge is 0.251 e. The number of nitrogens with one attached hydrogen (secondary N) is 2. The lowest BCUT2D eigenvalue weighted by molar-refractivity contribution is 0.0802. The molecular formula is C13H18N2O3. The first-order valence-corrected chi connectivity index (χ1v) is 6.10. The van der Waals surface area contributed by atoms with E-state index in [1.165, 1.54) is 5.56 Å². The molecule has 5 nitrogen and oxygen atoms in total. The highest BCUT2D eigenvalue weighted by molar-refractivity contribution is 5.94. The fourth-order valence-corrected chi connectivity index (χ4v) is 2.00. The second-order valence-corrected chi connectivity index (χ2v) is 4.46. The number of aliphatic hydroxyl groups excluding tert-OH is 2. The molecule has 2 rings (SSSR count). The minimum absolute atomic E-state index is 0.0602. The summed E-state index contributed by atoms with van der Waals surface area (Å²) in [6, 6.07) is 5.65. The summed E-state index contributed by atoms with van der Waals surface area (Å²) in [7, 11) is 0. The molecule has 0 fully saturated rings. The Bertz CT molecular complexity index is 434. The molecule has 1 atom stereocenters. The van der Waals surface area contributed by atoms with Crippen molar-refractivity contribution in [1.82, 2.24) is 10.6 Å². The predicted octanol–water partition coefficient (Wildman–Crippen LogP) is -0.585. The third-order valence-corrected chi connectivity index (χ3v) is 3.06. The molecule has 18 heavy (non-hydrogen) atoms. The third kappa shape index (κ3) is 3.07. The van der Waals surface area contributed by atoms with Crippen LogP contribution in [0.3, 0.4) is 0 Å². The fourth-order valence-electron chi connectivity index (χ4n) is 2.00. The van der Waals surface area contributed by atoms with Gasteiger partial charge in [0.15, 0.2) is 0 Å². The molecule has 0 aromatic heterocycles. The number of benzene rings is 1. The highest BCUT2D eigenvalue weighted by Crippen LogP contribution is 2.15. The number of hydrogen-bond acceptors (Lipinski definition) is 4. The number of fused-ring (bicyclic) bond motifs is 1. The molecule has 0 saturated heterocycles. The molecule has 1 aliphatic rings. The zero-order valence-corrected chi connectivity index (χ0v) is 10.1. The lowest BCUT2D eigenvalue weighted by Gasteiger charge is -2.18. The largest absolute Gasteiger partial charge is 0.394 e. The van der Waals surface area contributed by atoms with Crippen molar-refractivity contribution in [3.05, 3.63) is 34.9 Å². The van der Waals surface area contributed by atoms with Gasteiger partial charge in [-0.05, 0) is 36.2 Å². The van der Waals surface area contributed by atoms with Crippen molar-refractivity contribution >= 4 is 5.91 Å². The topological polar surface area (TPSA) is 81.6 Å². The van der Waals surface area contributed by atoms with Gasteiger partial charge >= 0.3 is 0 Å². The SMILES string of the molecule is O=C(NCC(O)CO)c1ccc2c(c1)CNCC2. The maximum atomic E-state index is 11.8. The monoisotopic (exact) mass is 250 g/mol. The van der Waals surface area contributed by atoms with E-state index in [1.54, 1.807) is 6.07 Å². The Labute approximate surface area is 106 Å². The number of aliphatic hydroxyl groups is 2. The third-order valence-electron chi connectivity index (χ3n) is 3.06. The van der Waals surface area contributed by atoms with Crippen molar-refractivity contribution in [2.45, 2.75) is 19.1 Å². The lowest BCUT2D eigenvalue weighted by atomic mass is 9.98. The Morgan fingerprint density at radius 2 is 2.28 bits per heavy atom. The van der Waals surface area contributed by atoms with E-state index in [1.807, 2.05) is 12.1 Å². The molecule has 5 heteroatoms. The van der Waals surface area contributed by atoms with Gasteiger partial charge in [0.1, 0.15) is 0 Å². The van der Waals surface area contributed by atoms with E-state index in [-0.39, 0.29) is 19.1 Å². The van der Waals surface area contributed by atoms with Gasteiger partial charge < -0.3 is 20.8 Å². The van der Waals surface area contributed by atoms with Crippen LogP contribution < -0.4 is 10.6 Å². The van der Waals surface area contributed by atoms with E-state index in [0.717, 1.165) is 25.1 Å². The standard InChI is InChI=1S/C13H18N2O3/c16-8-12(17)7-15-13(18)10-2-1-9-3-4-14-6-11(9)5-10/h1-2,5,12,14,16-17H,3-4,6-8H2,(H,15,18). The van der Waals surface area contributed by atoms with Gasteiger partial charge in [0.2, 0.25) is 0 Å². The maximum absolute atomic E-state index is 11.8. The Hall–Kier alpha value is -1.43. The molecule has 4 N–H and O–H groups in total. The predicted molar refractivity (Wildman–Crippen MR) is 67.3 cm³/mol. The van der Waals surface area contributed by atoms with Gasteiger partial charge in [-0.1, -0.05) is 6.07 Å². The summed E-state index contributed by atoms with van der Waals surface area (Å²) in [6.45, 7) is 1.47. The van der Waals surface area contributed by atoms with Crippen LogP contribution in [0.4, 0.5) is 0 Å². The average molecular weight is 250 g/mol. The zero-order chi connectivity index (χ0) is 13.0. The van der Waals surface area contributed by atoms with E-state index in [4.69, 9.17) is 5.11 Å². The zero-order valence-electron chi connectivity index (χ0n) is 10.1. The van der Waals surface area contributed by atoms with E-state index < -0.39 is 6.10 Å².